The van der Waals surface area contributed by atoms with Gasteiger partial charge in [0.15, 0.2) is 11.5 Å². The van der Waals surface area contributed by atoms with Crippen molar-refractivity contribution in [2.45, 2.75) is 33.1 Å². The molecule has 0 radical (unpaired) electrons. The lowest BCUT2D eigenvalue weighted by molar-refractivity contribution is -0.133. The Morgan fingerprint density at radius 3 is 2.31 bits per heavy atom. The van der Waals surface area contributed by atoms with Crippen molar-refractivity contribution in [3.05, 3.63) is 54.1 Å². The largest absolute Gasteiger partial charge is 0.490 e. The second-order valence-electron chi connectivity index (χ2n) is 6.84. The van der Waals surface area contributed by atoms with Crippen molar-refractivity contribution in [1.29, 1.82) is 0 Å². The van der Waals surface area contributed by atoms with Crippen molar-refractivity contribution in [2.75, 3.05) is 32.1 Å². The molecular weight excluding hydrogens is 368 g/mol. The molecule has 0 saturated carbocycles. The van der Waals surface area contributed by atoms with Crippen LogP contribution in [0.2, 0.25) is 0 Å². The molecule has 156 valence electrons. The van der Waals surface area contributed by atoms with Gasteiger partial charge in [-0.25, -0.2) is 0 Å². The molecule has 0 aliphatic heterocycles. The standard InChI is InChI=1S/C23H30N2O4/c1-5-28-20-13-12-19(15-21(20)29-6-2)24-22(26)16-25(4)23(27)14-17(3)18-10-8-7-9-11-18/h7-13,15,17H,5-6,14,16H2,1-4H3,(H,24,26)/t17-/m1/s1. The molecule has 0 spiro atoms. The third-order valence-electron chi connectivity index (χ3n) is 4.48. The number of nitrogens with one attached hydrogen (secondary N) is 1. The summed E-state index contributed by atoms with van der Waals surface area (Å²) in [6.07, 6.45) is 0.353. The van der Waals surface area contributed by atoms with Crippen molar-refractivity contribution in [1.82, 2.24) is 4.90 Å². The molecule has 2 aromatic carbocycles. The van der Waals surface area contributed by atoms with Crippen LogP contribution in [-0.2, 0) is 9.59 Å². The summed E-state index contributed by atoms with van der Waals surface area (Å²) in [5.74, 6) is 0.968. The number of nitrogens with zero attached hydrogens (tertiary/aromatic N) is 1. The molecule has 0 heterocycles. The lowest BCUT2D eigenvalue weighted by atomic mass is 9.97. The molecule has 2 amide bonds. The number of hydrogen-bond donors (Lipinski definition) is 1. The van der Waals surface area contributed by atoms with Gasteiger partial charge in [-0.05, 0) is 37.5 Å². The number of carbonyl (C=O) groups excluding carboxylic acids is 2. The third-order valence-corrected chi connectivity index (χ3v) is 4.48. The summed E-state index contributed by atoms with van der Waals surface area (Å²) in [5.41, 5.74) is 1.71. The predicted molar refractivity (Wildman–Crippen MR) is 115 cm³/mol. The van der Waals surface area contributed by atoms with E-state index in [9.17, 15) is 9.59 Å². The van der Waals surface area contributed by atoms with Gasteiger partial charge >= 0.3 is 0 Å². The van der Waals surface area contributed by atoms with Crippen LogP contribution in [0, 0.1) is 0 Å². The summed E-state index contributed by atoms with van der Waals surface area (Å²) in [6, 6.07) is 15.1. The minimum Gasteiger partial charge on any atom is -0.490 e. The smallest absolute Gasteiger partial charge is 0.243 e. The van der Waals surface area contributed by atoms with Crippen LogP contribution in [0.4, 0.5) is 5.69 Å². The zero-order valence-electron chi connectivity index (χ0n) is 17.6. The molecule has 0 aliphatic rings. The Bertz CT molecular complexity index is 808. The van der Waals surface area contributed by atoms with E-state index in [1.807, 2.05) is 51.1 Å². The molecule has 0 aliphatic carbocycles. The molecule has 1 atom stereocenters. The first-order valence-corrected chi connectivity index (χ1v) is 9.93. The van der Waals surface area contributed by atoms with Crippen molar-refractivity contribution in [3.63, 3.8) is 0 Å². The average Bonchev–Trinajstić information content (AvgIpc) is 2.70. The highest BCUT2D eigenvalue weighted by Crippen LogP contribution is 2.30. The molecule has 0 unspecified atom stereocenters. The molecule has 0 aromatic heterocycles. The summed E-state index contributed by atoms with van der Waals surface area (Å²) in [5, 5.41) is 2.81. The van der Waals surface area contributed by atoms with Crippen LogP contribution in [-0.4, -0.2) is 43.5 Å². The second-order valence-corrected chi connectivity index (χ2v) is 6.84. The van der Waals surface area contributed by atoms with Gasteiger partial charge in [0.1, 0.15) is 0 Å². The van der Waals surface area contributed by atoms with E-state index in [1.54, 1.807) is 25.2 Å². The van der Waals surface area contributed by atoms with E-state index in [1.165, 1.54) is 4.90 Å². The topological polar surface area (TPSA) is 67.9 Å². The molecule has 0 fully saturated rings. The van der Waals surface area contributed by atoms with Crippen LogP contribution in [0.15, 0.2) is 48.5 Å². The number of benzene rings is 2. The molecule has 2 rings (SSSR count). The highest BCUT2D eigenvalue weighted by Gasteiger charge is 2.17. The normalized spacial score (nSPS) is 11.4. The Morgan fingerprint density at radius 2 is 1.66 bits per heavy atom. The first-order valence-electron chi connectivity index (χ1n) is 9.93. The maximum absolute atomic E-state index is 12.5. The summed E-state index contributed by atoms with van der Waals surface area (Å²) in [4.78, 5) is 26.3. The van der Waals surface area contributed by atoms with Gasteiger partial charge in [0, 0.05) is 25.2 Å². The number of ether oxygens (including phenoxy) is 2. The van der Waals surface area contributed by atoms with E-state index < -0.39 is 0 Å². The number of amides is 2. The maximum atomic E-state index is 12.5. The van der Waals surface area contributed by atoms with Crippen molar-refractivity contribution in [2.24, 2.45) is 0 Å². The summed E-state index contributed by atoms with van der Waals surface area (Å²) < 4.78 is 11.1. The summed E-state index contributed by atoms with van der Waals surface area (Å²) >= 11 is 0. The quantitative estimate of drug-likeness (QED) is 0.655. The van der Waals surface area contributed by atoms with Gasteiger partial charge in [0.05, 0.1) is 19.8 Å². The molecule has 0 bridgehead atoms. The van der Waals surface area contributed by atoms with Gasteiger partial charge in [-0.3, -0.25) is 9.59 Å². The molecule has 6 nitrogen and oxygen atoms in total. The zero-order chi connectivity index (χ0) is 21.2. The van der Waals surface area contributed by atoms with Gasteiger partial charge in [-0.15, -0.1) is 0 Å². The van der Waals surface area contributed by atoms with Crippen molar-refractivity contribution >= 4 is 17.5 Å². The predicted octanol–water partition coefficient (Wildman–Crippen LogP) is 4.07. The van der Waals surface area contributed by atoms with E-state index in [4.69, 9.17) is 9.47 Å². The molecular formula is C23H30N2O4. The summed E-state index contributed by atoms with van der Waals surface area (Å²) in [6.45, 7) is 6.80. The lowest BCUT2D eigenvalue weighted by Gasteiger charge is -2.20. The number of carbonyl (C=O) groups is 2. The van der Waals surface area contributed by atoms with Gasteiger partial charge in [0.25, 0.3) is 0 Å². The van der Waals surface area contributed by atoms with Crippen molar-refractivity contribution < 1.29 is 19.1 Å². The Hall–Kier alpha value is -3.02. The highest BCUT2D eigenvalue weighted by atomic mass is 16.5. The second kappa shape index (κ2) is 11.1. The SMILES string of the molecule is CCOc1ccc(NC(=O)CN(C)C(=O)C[C@@H](C)c2ccccc2)cc1OCC. The van der Waals surface area contributed by atoms with Crippen LogP contribution in [0.5, 0.6) is 11.5 Å². The Balaban J connectivity index is 1.92. The molecule has 29 heavy (non-hydrogen) atoms. The van der Waals surface area contributed by atoms with Gasteiger partial charge < -0.3 is 19.7 Å². The van der Waals surface area contributed by atoms with E-state index in [2.05, 4.69) is 5.32 Å². The number of likely N-dealkylation sites (N-methyl/N-ethyl adjacent to an activating group) is 1. The lowest BCUT2D eigenvalue weighted by Crippen LogP contribution is -2.35. The minimum atomic E-state index is -0.264. The Kier molecular flexibility index (Phi) is 8.52. The fourth-order valence-electron chi connectivity index (χ4n) is 2.95. The van der Waals surface area contributed by atoms with E-state index in [0.29, 0.717) is 36.8 Å². The molecule has 2 aromatic rings. The monoisotopic (exact) mass is 398 g/mol. The van der Waals surface area contributed by atoms with E-state index in [0.717, 1.165) is 5.56 Å². The van der Waals surface area contributed by atoms with Gasteiger partial charge in [-0.1, -0.05) is 37.3 Å². The third kappa shape index (κ3) is 6.82. The average molecular weight is 399 g/mol. The first-order chi connectivity index (χ1) is 13.9. The molecule has 0 saturated heterocycles. The van der Waals surface area contributed by atoms with Gasteiger partial charge in [-0.2, -0.15) is 0 Å². The fourth-order valence-corrected chi connectivity index (χ4v) is 2.95. The van der Waals surface area contributed by atoms with Crippen molar-refractivity contribution in [3.8, 4) is 11.5 Å². The van der Waals surface area contributed by atoms with Crippen LogP contribution in [0.1, 0.15) is 38.7 Å². The fraction of sp³-hybridized carbons (Fsp3) is 0.391. The highest BCUT2D eigenvalue weighted by molar-refractivity contribution is 5.94. The minimum absolute atomic E-state index is 0.0163. The number of hydrogen-bond acceptors (Lipinski definition) is 4. The first kappa shape index (κ1) is 22.3. The van der Waals surface area contributed by atoms with Crippen LogP contribution in [0.3, 0.4) is 0 Å². The molecule has 1 N–H and O–H groups in total. The van der Waals surface area contributed by atoms with Crippen LogP contribution >= 0.6 is 0 Å². The number of anilines is 1. The number of rotatable bonds is 10. The summed E-state index contributed by atoms with van der Waals surface area (Å²) in [7, 11) is 1.64. The van der Waals surface area contributed by atoms with Gasteiger partial charge in [0.2, 0.25) is 11.8 Å². The van der Waals surface area contributed by atoms with E-state index in [-0.39, 0.29) is 24.3 Å². The van der Waals surface area contributed by atoms with Crippen LogP contribution < -0.4 is 14.8 Å². The Morgan fingerprint density at radius 1 is 1.00 bits per heavy atom. The maximum Gasteiger partial charge on any atom is 0.243 e. The zero-order valence-corrected chi connectivity index (χ0v) is 17.6. The van der Waals surface area contributed by atoms with Crippen LogP contribution in [0.25, 0.3) is 0 Å². The van der Waals surface area contributed by atoms with E-state index >= 15 is 0 Å². The Labute approximate surface area is 172 Å². The molecule has 6 heteroatoms.